The van der Waals surface area contributed by atoms with E-state index >= 15 is 0 Å². The predicted molar refractivity (Wildman–Crippen MR) is 47.0 cm³/mol. The van der Waals surface area contributed by atoms with E-state index in [0.717, 1.165) is 6.08 Å². The van der Waals surface area contributed by atoms with E-state index < -0.39 is 17.7 Å². The third-order valence-corrected chi connectivity index (χ3v) is 2.24. The summed E-state index contributed by atoms with van der Waals surface area (Å²) in [6.07, 6.45) is 1.25. The van der Waals surface area contributed by atoms with Crippen molar-refractivity contribution in [1.29, 1.82) is 0 Å². The Morgan fingerprint density at radius 3 is 2.73 bits per heavy atom. The summed E-state index contributed by atoms with van der Waals surface area (Å²) in [6, 6.07) is 0. The topological polar surface area (TPSA) is 66.4 Å². The Labute approximate surface area is 111 Å². The molecule has 0 aromatic heterocycles. The molecule has 1 aliphatic rings. The molecule has 0 fully saturated rings. The van der Waals surface area contributed by atoms with E-state index in [9.17, 15) is 14.7 Å². The van der Waals surface area contributed by atoms with Crippen LogP contribution in [-0.2, 0) is 14.3 Å². The first-order chi connectivity index (χ1) is 6.56. The Bertz CT molecular complexity index is 285. The number of ketones is 1. The molecule has 2 atom stereocenters. The van der Waals surface area contributed by atoms with E-state index in [1.807, 2.05) is 0 Å². The monoisotopic (exact) mass is 220 g/mol. The maximum absolute atomic E-state index is 11.4. The molecule has 0 saturated carbocycles. The summed E-state index contributed by atoms with van der Waals surface area (Å²) in [7, 11) is 0. The zero-order chi connectivity index (χ0) is 10.7. The Hall–Kier alpha value is -0.320. The summed E-state index contributed by atoms with van der Waals surface area (Å²) >= 11 is 0. The molecule has 0 saturated heterocycles. The van der Waals surface area contributed by atoms with Crippen LogP contribution in [-0.4, -0.2) is 18.4 Å². The summed E-state index contributed by atoms with van der Waals surface area (Å²) < 4.78 is 4.77. The van der Waals surface area contributed by atoms with Gasteiger partial charge in [-0.05, 0) is 25.3 Å². The smallest absolute Gasteiger partial charge is 0.875 e. The molecule has 15 heavy (non-hydrogen) atoms. The van der Waals surface area contributed by atoms with Crippen molar-refractivity contribution in [1.82, 2.24) is 0 Å². The van der Waals surface area contributed by atoms with Crippen molar-refractivity contribution in [3.8, 4) is 0 Å². The van der Waals surface area contributed by atoms with Gasteiger partial charge in [-0.2, -0.15) is 0 Å². The molecule has 0 heterocycles. The fourth-order valence-corrected chi connectivity index (χ4v) is 1.60. The van der Waals surface area contributed by atoms with Gasteiger partial charge in [0.2, 0.25) is 0 Å². The second-order valence-electron chi connectivity index (χ2n) is 3.42. The summed E-state index contributed by atoms with van der Waals surface area (Å²) in [4.78, 5) is 22.7. The maximum atomic E-state index is 11.4. The molecule has 78 valence electrons. The van der Waals surface area contributed by atoms with Crippen molar-refractivity contribution >= 4 is 11.8 Å². The fourth-order valence-electron chi connectivity index (χ4n) is 1.60. The van der Waals surface area contributed by atoms with E-state index in [4.69, 9.17) is 4.74 Å². The predicted octanol–water partition coefficient (Wildman–Crippen LogP) is -2.98. The Kier molecular flexibility index (Phi) is 6.17. The van der Waals surface area contributed by atoms with Gasteiger partial charge in [-0.25, -0.2) is 0 Å². The number of ether oxygens (including phenoxy) is 1. The fraction of sp³-hybridized carbons (Fsp3) is 0.600. The van der Waals surface area contributed by atoms with Gasteiger partial charge in [0, 0.05) is 0 Å². The van der Waals surface area contributed by atoms with Crippen LogP contribution in [0.2, 0.25) is 0 Å². The van der Waals surface area contributed by atoms with Gasteiger partial charge in [-0.15, -0.1) is 5.76 Å². The minimum absolute atomic E-state index is 0. The first kappa shape index (κ1) is 14.7. The van der Waals surface area contributed by atoms with Crippen LogP contribution in [0.3, 0.4) is 0 Å². The molecular weight excluding hydrogens is 207 g/mol. The van der Waals surface area contributed by atoms with Crippen LogP contribution in [0.4, 0.5) is 0 Å². The average Bonchev–Trinajstić information content (AvgIpc) is 2.01. The Morgan fingerprint density at radius 1 is 1.67 bits per heavy atom. The summed E-state index contributed by atoms with van der Waals surface area (Å²) in [5.74, 6) is -2.18. The number of hydrogen-bond acceptors (Lipinski definition) is 4. The molecule has 1 aliphatic carbocycles. The van der Waals surface area contributed by atoms with Crippen LogP contribution >= 0.6 is 0 Å². The maximum Gasteiger partial charge on any atom is 1.00 e. The number of carbonyl (C=O) groups is 2. The SMILES string of the molecule is CCOC(=O)[C@H]1C(=O)C=C([O-])C[C@@H]1C.[Na+]. The largest absolute Gasteiger partial charge is 1.00 e. The number of carbonyl (C=O) groups excluding carboxylic acids is 2. The van der Waals surface area contributed by atoms with Crippen LogP contribution in [0.25, 0.3) is 0 Å². The van der Waals surface area contributed by atoms with Crippen molar-refractivity contribution in [2.24, 2.45) is 11.8 Å². The molecular formula is C10H13NaO4. The molecule has 0 bridgehead atoms. The minimum Gasteiger partial charge on any atom is -0.875 e. The normalized spacial score (nSPS) is 25.2. The van der Waals surface area contributed by atoms with Crippen molar-refractivity contribution in [3.63, 3.8) is 0 Å². The number of rotatable bonds is 2. The van der Waals surface area contributed by atoms with Gasteiger partial charge in [-0.3, -0.25) is 9.59 Å². The molecule has 4 nitrogen and oxygen atoms in total. The van der Waals surface area contributed by atoms with Gasteiger partial charge in [-0.1, -0.05) is 6.92 Å². The first-order valence-electron chi connectivity index (χ1n) is 4.64. The second-order valence-corrected chi connectivity index (χ2v) is 3.42. The molecule has 0 N–H and O–H groups in total. The Balaban J connectivity index is 0.00000196. The van der Waals surface area contributed by atoms with E-state index in [0.29, 0.717) is 0 Å². The zero-order valence-electron chi connectivity index (χ0n) is 9.28. The molecule has 0 amide bonds. The van der Waals surface area contributed by atoms with Crippen LogP contribution in [0.5, 0.6) is 0 Å². The van der Waals surface area contributed by atoms with Gasteiger partial charge in [0.1, 0.15) is 5.92 Å². The standard InChI is InChI=1S/C10H14O4.Na/c1-3-14-10(13)9-6(2)4-7(11)5-8(9)12;/h5-6,9,11H,3-4H2,1-2H3;/q;+1/p-1/t6-,9+;/m0./s1. The quantitative estimate of drug-likeness (QED) is 0.283. The van der Waals surface area contributed by atoms with Crippen molar-refractivity contribution in [3.05, 3.63) is 11.8 Å². The minimum atomic E-state index is -0.785. The van der Waals surface area contributed by atoms with Crippen LogP contribution in [0.15, 0.2) is 11.8 Å². The summed E-state index contributed by atoms with van der Waals surface area (Å²) in [6.45, 7) is 3.65. The number of esters is 1. The van der Waals surface area contributed by atoms with Gasteiger partial charge in [0.05, 0.1) is 6.61 Å². The second kappa shape index (κ2) is 6.30. The Morgan fingerprint density at radius 2 is 2.27 bits per heavy atom. The third kappa shape index (κ3) is 3.63. The van der Waals surface area contributed by atoms with E-state index in [-0.39, 0.29) is 54.3 Å². The number of hydrogen-bond donors (Lipinski definition) is 0. The van der Waals surface area contributed by atoms with Crippen LogP contribution < -0.4 is 34.7 Å². The van der Waals surface area contributed by atoms with Gasteiger partial charge in [0.15, 0.2) is 5.78 Å². The van der Waals surface area contributed by atoms with Crippen molar-refractivity contribution in [2.75, 3.05) is 6.61 Å². The molecule has 0 unspecified atom stereocenters. The van der Waals surface area contributed by atoms with Gasteiger partial charge < -0.3 is 9.84 Å². The molecule has 1 rings (SSSR count). The van der Waals surface area contributed by atoms with Crippen molar-refractivity contribution < 1.29 is 49.0 Å². The number of allylic oxidation sites excluding steroid dienone is 2. The van der Waals surface area contributed by atoms with E-state index in [1.165, 1.54) is 0 Å². The third-order valence-electron chi connectivity index (χ3n) is 2.24. The first-order valence-corrected chi connectivity index (χ1v) is 4.64. The van der Waals surface area contributed by atoms with Crippen LogP contribution in [0, 0.1) is 11.8 Å². The van der Waals surface area contributed by atoms with Gasteiger partial charge in [0.25, 0.3) is 0 Å². The summed E-state index contributed by atoms with van der Waals surface area (Å²) in [5, 5.41) is 11.0. The van der Waals surface area contributed by atoms with E-state index in [2.05, 4.69) is 0 Å². The molecule has 0 radical (unpaired) electrons. The zero-order valence-corrected chi connectivity index (χ0v) is 11.3. The molecule has 0 spiro atoms. The molecule has 5 heteroatoms. The van der Waals surface area contributed by atoms with Crippen LogP contribution in [0.1, 0.15) is 20.3 Å². The molecule has 0 aliphatic heterocycles. The molecule has 0 aromatic carbocycles. The van der Waals surface area contributed by atoms with Crippen molar-refractivity contribution in [2.45, 2.75) is 20.3 Å². The molecule has 0 aromatic rings. The summed E-state index contributed by atoms with van der Waals surface area (Å²) in [5.41, 5.74) is 0. The van der Waals surface area contributed by atoms with E-state index in [1.54, 1.807) is 13.8 Å². The van der Waals surface area contributed by atoms with Gasteiger partial charge >= 0.3 is 35.5 Å². The average molecular weight is 220 g/mol.